The summed E-state index contributed by atoms with van der Waals surface area (Å²) in [5.41, 5.74) is 3.01. The summed E-state index contributed by atoms with van der Waals surface area (Å²) < 4.78 is 0. The molecule has 5 nitrogen and oxygen atoms in total. The number of hydrogen-bond acceptors (Lipinski definition) is 3. The fraction of sp³-hybridized carbons (Fsp3) is 0.182. The van der Waals surface area contributed by atoms with E-state index in [1.807, 2.05) is 42.5 Å². The number of nitrogens with zero attached hydrogens (tertiary/aromatic N) is 2. The summed E-state index contributed by atoms with van der Waals surface area (Å²) in [4.78, 5) is 19.5. The van der Waals surface area contributed by atoms with Gasteiger partial charge in [0.2, 0.25) is 0 Å². The molecule has 0 saturated carbocycles. The number of urea groups is 1. The Morgan fingerprint density at radius 2 is 1.55 bits per heavy atom. The Hall–Kier alpha value is -2.76. The normalized spacial score (nSPS) is 13.4. The van der Waals surface area contributed by atoms with Gasteiger partial charge in [0.25, 0.3) is 0 Å². The lowest BCUT2D eigenvalue weighted by Crippen LogP contribution is -2.19. The lowest BCUT2D eigenvalue weighted by Gasteiger charge is -2.17. The number of anilines is 3. The number of amides is 2. The number of hydrogen-bond donors (Lipinski definition) is 2. The van der Waals surface area contributed by atoms with Crippen molar-refractivity contribution in [3.63, 3.8) is 0 Å². The number of rotatable bonds is 4. The van der Waals surface area contributed by atoms with Gasteiger partial charge in [-0.25, -0.2) is 9.78 Å². The highest BCUT2D eigenvalue weighted by Gasteiger charge is 2.14. The van der Waals surface area contributed by atoms with E-state index >= 15 is 0 Å². The molecule has 2 aromatic carbocycles. The van der Waals surface area contributed by atoms with Crippen LogP contribution in [-0.2, 0) is 0 Å². The van der Waals surface area contributed by atoms with Crippen LogP contribution >= 0.6 is 23.2 Å². The number of carbonyl (C=O) groups is 1. The van der Waals surface area contributed by atoms with Gasteiger partial charge >= 0.3 is 6.03 Å². The fourth-order valence-corrected chi connectivity index (χ4v) is 3.91. The highest BCUT2D eigenvalue weighted by Crippen LogP contribution is 2.26. The molecular weight excluding hydrogens is 407 g/mol. The van der Waals surface area contributed by atoms with Crippen molar-refractivity contribution in [2.75, 3.05) is 28.6 Å². The first kappa shape index (κ1) is 19.6. The van der Waals surface area contributed by atoms with E-state index in [9.17, 15) is 4.79 Å². The maximum absolute atomic E-state index is 12.3. The predicted molar refractivity (Wildman–Crippen MR) is 120 cm³/mol. The molecule has 2 amide bonds. The Morgan fingerprint density at radius 1 is 0.862 bits per heavy atom. The minimum Gasteiger partial charge on any atom is -0.357 e. The zero-order chi connectivity index (χ0) is 20.2. The Balaban J connectivity index is 1.48. The van der Waals surface area contributed by atoms with Crippen molar-refractivity contribution in [2.45, 2.75) is 12.8 Å². The monoisotopic (exact) mass is 426 g/mol. The van der Waals surface area contributed by atoms with Crippen molar-refractivity contribution < 1.29 is 4.79 Å². The van der Waals surface area contributed by atoms with Crippen LogP contribution in [-0.4, -0.2) is 24.1 Å². The molecule has 1 saturated heterocycles. The van der Waals surface area contributed by atoms with Crippen LogP contribution in [0.2, 0.25) is 10.0 Å². The van der Waals surface area contributed by atoms with E-state index < -0.39 is 0 Å². The average molecular weight is 427 g/mol. The molecular formula is C22H20Cl2N4O. The van der Waals surface area contributed by atoms with Crippen LogP contribution in [0.15, 0.2) is 60.7 Å². The van der Waals surface area contributed by atoms with Gasteiger partial charge in [-0.2, -0.15) is 0 Å². The molecule has 4 rings (SSSR count). The third-order valence-electron chi connectivity index (χ3n) is 4.70. The zero-order valence-corrected chi connectivity index (χ0v) is 17.2. The summed E-state index contributed by atoms with van der Waals surface area (Å²) in [5, 5.41) is 6.49. The summed E-state index contributed by atoms with van der Waals surface area (Å²) in [6, 6.07) is 18.2. The summed E-state index contributed by atoms with van der Waals surface area (Å²) in [5.74, 6) is 0.994. The van der Waals surface area contributed by atoms with Crippen LogP contribution in [0.25, 0.3) is 11.3 Å². The van der Waals surface area contributed by atoms with Gasteiger partial charge in [-0.15, -0.1) is 0 Å². The second kappa shape index (κ2) is 8.72. The highest BCUT2D eigenvalue weighted by atomic mass is 35.5. The SMILES string of the molecule is O=C(Nc1cc(Cl)cc(Cl)c1)Nc1cccc(-c2cccc(N3CCCC3)n2)c1. The van der Waals surface area contributed by atoms with Gasteiger partial charge in [0.05, 0.1) is 5.69 Å². The number of nitrogens with one attached hydrogen (secondary N) is 2. The maximum atomic E-state index is 12.3. The first-order chi connectivity index (χ1) is 14.1. The van der Waals surface area contributed by atoms with E-state index in [0.29, 0.717) is 21.4 Å². The van der Waals surface area contributed by atoms with Crippen LogP contribution in [0.1, 0.15) is 12.8 Å². The largest absolute Gasteiger partial charge is 0.357 e. The molecule has 148 valence electrons. The number of pyridine rings is 1. The molecule has 1 aliphatic rings. The maximum Gasteiger partial charge on any atom is 0.323 e. The van der Waals surface area contributed by atoms with Gasteiger partial charge in [-0.05, 0) is 55.3 Å². The predicted octanol–water partition coefficient (Wildman–Crippen LogP) is 6.30. The fourth-order valence-electron chi connectivity index (χ4n) is 3.38. The molecule has 0 atom stereocenters. The van der Waals surface area contributed by atoms with Crippen LogP contribution < -0.4 is 15.5 Å². The molecule has 0 bridgehead atoms. The van der Waals surface area contributed by atoms with Crippen LogP contribution in [0.3, 0.4) is 0 Å². The molecule has 2 heterocycles. The van der Waals surface area contributed by atoms with E-state index in [-0.39, 0.29) is 6.03 Å². The molecule has 3 aromatic rings. The molecule has 1 aliphatic heterocycles. The molecule has 0 radical (unpaired) electrons. The van der Waals surface area contributed by atoms with Crippen molar-refractivity contribution in [1.82, 2.24) is 4.98 Å². The quantitative estimate of drug-likeness (QED) is 0.514. The standard InChI is InChI=1S/C22H20Cl2N4O/c23-16-12-17(24)14-19(13-16)26-22(29)25-18-6-3-5-15(11-18)20-7-4-8-21(27-20)28-9-1-2-10-28/h3-8,11-14H,1-2,9-10H2,(H2,25,26,29). The number of carbonyl (C=O) groups excluding carboxylic acids is 1. The van der Waals surface area contributed by atoms with Crippen molar-refractivity contribution in [2.24, 2.45) is 0 Å². The topological polar surface area (TPSA) is 57.3 Å². The molecule has 29 heavy (non-hydrogen) atoms. The molecule has 0 aliphatic carbocycles. The van der Waals surface area contributed by atoms with E-state index in [2.05, 4.69) is 15.5 Å². The Bertz CT molecular complexity index is 1010. The number of benzene rings is 2. The van der Waals surface area contributed by atoms with Crippen LogP contribution in [0, 0.1) is 0 Å². The smallest absolute Gasteiger partial charge is 0.323 e. The minimum absolute atomic E-state index is 0.376. The van der Waals surface area contributed by atoms with Gasteiger partial charge in [-0.1, -0.05) is 41.4 Å². The summed E-state index contributed by atoms with van der Waals surface area (Å²) in [6.07, 6.45) is 2.41. The molecule has 1 aromatic heterocycles. The average Bonchev–Trinajstić information content (AvgIpc) is 3.22. The van der Waals surface area contributed by atoms with Crippen molar-refractivity contribution in [3.05, 3.63) is 70.7 Å². The van der Waals surface area contributed by atoms with E-state index in [0.717, 1.165) is 30.2 Å². The molecule has 2 N–H and O–H groups in total. The first-order valence-electron chi connectivity index (χ1n) is 9.43. The van der Waals surface area contributed by atoms with Crippen LogP contribution in [0.4, 0.5) is 22.0 Å². The zero-order valence-electron chi connectivity index (χ0n) is 15.7. The second-order valence-corrected chi connectivity index (χ2v) is 7.77. The second-order valence-electron chi connectivity index (χ2n) is 6.89. The van der Waals surface area contributed by atoms with Gasteiger partial charge in [0, 0.05) is 40.1 Å². The van der Waals surface area contributed by atoms with Gasteiger partial charge in [-0.3, -0.25) is 0 Å². The summed E-state index contributed by atoms with van der Waals surface area (Å²) >= 11 is 12.0. The minimum atomic E-state index is -0.376. The lowest BCUT2D eigenvalue weighted by molar-refractivity contribution is 0.262. The van der Waals surface area contributed by atoms with E-state index in [1.54, 1.807) is 18.2 Å². The Morgan fingerprint density at radius 3 is 2.31 bits per heavy atom. The molecule has 7 heteroatoms. The lowest BCUT2D eigenvalue weighted by atomic mass is 10.1. The third-order valence-corrected chi connectivity index (χ3v) is 5.14. The van der Waals surface area contributed by atoms with Gasteiger partial charge in [0.15, 0.2) is 0 Å². The number of halogens is 2. The highest BCUT2D eigenvalue weighted by molar-refractivity contribution is 6.35. The summed E-state index contributed by atoms with van der Waals surface area (Å²) in [7, 11) is 0. The van der Waals surface area contributed by atoms with Gasteiger partial charge < -0.3 is 15.5 Å². The third kappa shape index (κ3) is 5.00. The van der Waals surface area contributed by atoms with Crippen molar-refractivity contribution in [3.8, 4) is 11.3 Å². The van der Waals surface area contributed by atoms with Crippen molar-refractivity contribution >= 4 is 46.4 Å². The molecule has 0 spiro atoms. The Kier molecular flexibility index (Phi) is 5.88. The molecule has 0 unspecified atom stereocenters. The molecule has 1 fully saturated rings. The van der Waals surface area contributed by atoms with Crippen LogP contribution in [0.5, 0.6) is 0 Å². The summed E-state index contributed by atoms with van der Waals surface area (Å²) in [6.45, 7) is 2.09. The Labute approximate surface area is 179 Å². The van der Waals surface area contributed by atoms with E-state index in [4.69, 9.17) is 28.2 Å². The first-order valence-corrected chi connectivity index (χ1v) is 10.2. The van der Waals surface area contributed by atoms with Crippen molar-refractivity contribution in [1.29, 1.82) is 0 Å². The number of aromatic nitrogens is 1. The van der Waals surface area contributed by atoms with Gasteiger partial charge in [0.1, 0.15) is 5.82 Å². The van der Waals surface area contributed by atoms with E-state index in [1.165, 1.54) is 12.8 Å².